The monoisotopic (exact) mass is 504 g/mol. The Morgan fingerprint density at radius 2 is 1.94 bits per heavy atom. The van der Waals surface area contributed by atoms with Gasteiger partial charge in [-0.3, -0.25) is 9.71 Å². The Morgan fingerprint density at radius 3 is 2.56 bits per heavy atom. The van der Waals surface area contributed by atoms with E-state index in [1.165, 1.54) is 0 Å². The molecule has 1 aromatic heterocycles. The summed E-state index contributed by atoms with van der Waals surface area (Å²) >= 11 is 0. The number of anilines is 2. The second-order valence-corrected chi connectivity index (χ2v) is 10.6. The number of hydrogen-bond acceptors (Lipinski definition) is 6. The maximum absolute atomic E-state index is 12.3. The first-order chi connectivity index (χ1) is 17.3. The van der Waals surface area contributed by atoms with Crippen LogP contribution in [0.1, 0.15) is 43.9 Å². The first-order valence-electron chi connectivity index (χ1n) is 11.9. The van der Waals surface area contributed by atoms with Crippen molar-refractivity contribution in [2.75, 3.05) is 23.2 Å². The summed E-state index contributed by atoms with van der Waals surface area (Å²) in [7, 11) is -1.46. The van der Waals surface area contributed by atoms with Crippen molar-refractivity contribution in [3.63, 3.8) is 0 Å². The van der Waals surface area contributed by atoms with Crippen LogP contribution in [-0.2, 0) is 16.6 Å². The number of allylic oxidation sites excluding steroid dienone is 1. The average Bonchev–Trinajstić information content (AvgIpc) is 2.90. The molecule has 2 aromatic carbocycles. The second-order valence-electron chi connectivity index (χ2n) is 8.50. The number of nitrogens with zero attached hydrogens (tertiary/aromatic N) is 3. The van der Waals surface area contributed by atoms with Crippen molar-refractivity contribution in [3.05, 3.63) is 83.7 Å². The molecule has 1 N–H and O–H groups in total. The largest absolute Gasteiger partial charge is 0.489 e. The molecule has 1 atom stereocenters. The SMILES string of the molecule is CCC(C)S(=O)(=O)Nc1ccc(/C=C(\C#N)c2ccc(OCc3cccnc3)cc2N(C)CC)cc1. The number of sulfonamides is 1. The third-order valence-electron chi connectivity index (χ3n) is 5.98. The molecule has 0 amide bonds. The topological polar surface area (TPSA) is 95.3 Å². The molecule has 7 nitrogen and oxygen atoms in total. The van der Waals surface area contributed by atoms with Gasteiger partial charge in [-0.15, -0.1) is 0 Å². The van der Waals surface area contributed by atoms with Gasteiger partial charge in [0, 0.05) is 54.6 Å². The number of ether oxygens (including phenoxy) is 1. The van der Waals surface area contributed by atoms with E-state index in [-0.39, 0.29) is 0 Å². The lowest BCUT2D eigenvalue weighted by molar-refractivity contribution is 0.306. The summed E-state index contributed by atoms with van der Waals surface area (Å²) in [4.78, 5) is 6.17. The third-order valence-corrected chi connectivity index (χ3v) is 7.89. The van der Waals surface area contributed by atoms with Gasteiger partial charge in [0.2, 0.25) is 10.0 Å². The zero-order chi connectivity index (χ0) is 26.1. The van der Waals surface area contributed by atoms with Crippen LogP contribution in [0.3, 0.4) is 0 Å². The minimum Gasteiger partial charge on any atom is -0.489 e. The lowest BCUT2D eigenvalue weighted by Crippen LogP contribution is -2.24. The highest BCUT2D eigenvalue weighted by atomic mass is 32.2. The van der Waals surface area contributed by atoms with Crippen molar-refractivity contribution in [2.24, 2.45) is 0 Å². The van der Waals surface area contributed by atoms with E-state index in [1.54, 1.807) is 49.7 Å². The number of pyridine rings is 1. The minimum atomic E-state index is -3.43. The highest BCUT2D eigenvalue weighted by Gasteiger charge is 2.18. The summed E-state index contributed by atoms with van der Waals surface area (Å²) in [6, 6.07) is 18.8. The van der Waals surface area contributed by atoms with Crippen molar-refractivity contribution < 1.29 is 13.2 Å². The summed E-state index contributed by atoms with van der Waals surface area (Å²) in [6.07, 6.45) is 5.82. The van der Waals surface area contributed by atoms with E-state index in [1.807, 2.05) is 51.2 Å². The Hall–Kier alpha value is -3.83. The zero-order valence-electron chi connectivity index (χ0n) is 21.1. The molecule has 8 heteroatoms. The summed E-state index contributed by atoms with van der Waals surface area (Å²) < 4.78 is 33.2. The van der Waals surface area contributed by atoms with Crippen LogP contribution in [0.2, 0.25) is 0 Å². The Kier molecular flexibility index (Phi) is 9.09. The van der Waals surface area contributed by atoms with Gasteiger partial charge in [-0.25, -0.2) is 8.42 Å². The highest BCUT2D eigenvalue weighted by molar-refractivity contribution is 7.93. The Morgan fingerprint density at radius 1 is 1.19 bits per heavy atom. The maximum atomic E-state index is 12.3. The lowest BCUT2D eigenvalue weighted by Gasteiger charge is -2.21. The standard InChI is InChI=1S/C28H32N4O3S/c1-5-21(3)36(33,34)31-25-11-9-22(10-12-25)16-24(18-29)27-14-13-26(17-28(27)32(4)6-2)35-20-23-8-7-15-30-19-23/h7-17,19,21,31H,5-6,20H2,1-4H3/b24-16+. The fourth-order valence-corrected chi connectivity index (χ4v) is 4.54. The molecule has 36 heavy (non-hydrogen) atoms. The number of aromatic nitrogens is 1. The summed E-state index contributed by atoms with van der Waals surface area (Å²) in [6.45, 7) is 6.71. The highest BCUT2D eigenvalue weighted by Crippen LogP contribution is 2.32. The number of hydrogen-bond donors (Lipinski definition) is 1. The van der Waals surface area contributed by atoms with E-state index >= 15 is 0 Å². The summed E-state index contributed by atoms with van der Waals surface area (Å²) in [5, 5.41) is 9.49. The Balaban J connectivity index is 1.86. The second kappa shape index (κ2) is 12.2. The first-order valence-corrected chi connectivity index (χ1v) is 13.4. The number of nitriles is 1. The van der Waals surface area contributed by atoms with Gasteiger partial charge in [-0.05, 0) is 62.2 Å². The normalized spacial score (nSPS) is 12.5. The molecule has 0 aliphatic carbocycles. The van der Waals surface area contributed by atoms with Gasteiger partial charge >= 0.3 is 0 Å². The van der Waals surface area contributed by atoms with Gasteiger partial charge < -0.3 is 9.64 Å². The maximum Gasteiger partial charge on any atom is 0.235 e. The number of benzene rings is 2. The molecule has 1 unspecified atom stereocenters. The quantitative estimate of drug-likeness (QED) is 0.265. The van der Waals surface area contributed by atoms with Crippen molar-refractivity contribution >= 4 is 33.0 Å². The molecule has 0 aliphatic rings. The zero-order valence-corrected chi connectivity index (χ0v) is 21.9. The summed E-state index contributed by atoms with van der Waals surface area (Å²) in [5.41, 5.74) is 4.42. The third kappa shape index (κ3) is 6.86. The van der Waals surface area contributed by atoms with Crippen molar-refractivity contribution in [3.8, 4) is 11.8 Å². The summed E-state index contributed by atoms with van der Waals surface area (Å²) in [5.74, 6) is 0.702. The van der Waals surface area contributed by atoms with Crippen LogP contribution < -0.4 is 14.4 Å². The van der Waals surface area contributed by atoms with Gasteiger partial charge in [0.25, 0.3) is 0 Å². The number of nitrogens with one attached hydrogen (secondary N) is 1. The van der Waals surface area contributed by atoms with E-state index in [0.717, 1.165) is 28.9 Å². The number of rotatable bonds is 11. The molecule has 0 spiro atoms. The smallest absolute Gasteiger partial charge is 0.235 e. The van der Waals surface area contributed by atoms with E-state index in [9.17, 15) is 13.7 Å². The fraction of sp³-hybridized carbons (Fsp3) is 0.286. The van der Waals surface area contributed by atoms with E-state index in [2.05, 4.69) is 20.7 Å². The molecule has 188 valence electrons. The van der Waals surface area contributed by atoms with Gasteiger partial charge in [0.15, 0.2) is 0 Å². The van der Waals surface area contributed by atoms with Crippen LogP contribution in [0.15, 0.2) is 67.0 Å². The molecule has 0 bridgehead atoms. The molecule has 0 saturated heterocycles. The van der Waals surface area contributed by atoms with Crippen molar-refractivity contribution in [1.82, 2.24) is 4.98 Å². The van der Waals surface area contributed by atoms with Crippen LogP contribution in [0.5, 0.6) is 5.75 Å². The van der Waals surface area contributed by atoms with E-state index in [4.69, 9.17) is 4.74 Å². The van der Waals surface area contributed by atoms with Gasteiger partial charge in [-0.2, -0.15) is 5.26 Å². The van der Waals surface area contributed by atoms with Crippen molar-refractivity contribution in [1.29, 1.82) is 5.26 Å². The van der Waals surface area contributed by atoms with Crippen LogP contribution in [0.25, 0.3) is 11.6 Å². The molecule has 0 aliphatic heterocycles. The predicted octanol–water partition coefficient (Wildman–Crippen LogP) is 5.72. The molecular formula is C28H32N4O3S. The van der Waals surface area contributed by atoms with Gasteiger partial charge in [0.1, 0.15) is 12.4 Å². The molecular weight excluding hydrogens is 472 g/mol. The minimum absolute atomic E-state index is 0.399. The Bertz CT molecular complexity index is 1330. The predicted molar refractivity (Wildman–Crippen MR) is 146 cm³/mol. The molecule has 0 radical (unpaired) electrons. The van der Waals surface area contributed by atoms with Gasteiger partial charge in [-0.1, -0.05) is 25.1 Å². The fourth-order valence-electron chi connectivity index (χ4n) is 3.43. The molecule has 3 rings (SSSR count). The van der Waals surface area contributed by atoms with E-state index < -0.39 is 15.3 Å². The molecule has 3 aromatic rings. The molecule has 1 heterocycles. The Labute approximate surface area is 214 Å². The molecule has 0 saturated carbocycles. The first kappa shape index (κ1) is 26.8. The van der Waals surface area contributed by atoms with Crippen LogP contribution in [-0.4, -0.2) is 32.2 Å². The lowest BCUT2D eigenvalue weighted by atomic mass is 10.0. The van der Waals surface area contributed by atoms with Crippen LogP contribution in [0.4, 0.5) is 11.4 Å². The van der Waals surface area contributed by atoms with Crippen LogP contribution in [0, 0.1) is 11.3 Å². The van der Waals surface area contributed by atoms with Crippen LogP contribution >= 0.6 is 0 Å². The van der Waals surface area contributed by atoms with Crippen molar-refractivity contribution in [2.45, 2.75) is 39.0 Å². The molecule has 0 fully saturated rings. The van der Waals surface area contributed by atoms with E-state index in [0.29, 0.717) is 30.0 Å². The average molecular weight is 505 g/mol. The van der Waals surface area contributed by atoms with Gasteiger partial charge in [0.05, 0.1) is 16.9 Å².